The summed E-state index contributed by atoms with van der Waals surface area (Å²) in [5.74, 6) is 0.560. The van der Waals surface area contributed by atoms with Crippen molar-refractivity contribution in [1.29, 1.82) is 0 Å². The molecule has 9 nitrogen and oxygen atoms in total. The third-order valence-corrected chi connectivity index (χ3v) is 5.41. The highest BCUT2D eigenvalue weighted by atomic mass is 32.2. The Bertz CT molecular complexity index is 971. The summed E-state index contributed by atoms with van der Waals surface area (Å²) < 4.78 is 6.64. The Morgan fingerprint density at radius 3 is 2.75 bits per heavy atom. The van der Waals surface area contributed by atoms with Crippen molar-refractivity contribution in [3.8, 4) is 0 Å². The number of thioether (sulfide) groups is 1. The van der Waals surface area contributed by atoms with E-state index in [4.69, 9.17) is 4.42 Å². The Morgan fingerprint density at radius 2 is 2.04 bits per heavy atom. The molecular formula is C18H23N5O4S. The van der Waals surface area contributed by atoms with Gasteiger partial charge in [0, 0.05) is 30.9 Å². The largest absolute Gasteiger partial charge is 0.416 e. The first-order valence-electron chi connectivity index (χ1n) is 9.16. The highest BCUT2D eigenvalue weighted by Crippen LogP contribution is 2.19. The zero-order valence-corrected chi connectivity index (χ0v) is 16.6. The first-order chi connectivity index (χ1) is 13.5. The molecule has 0 aliphatic carbocycles. The van der Waals surface area contributed by atoms with Gasteiger partial charge in [-0.3, -0.25) is 14.2 Å². The molecule has 0 unspecified atom stereocenters. The van der Waals surface area contributed by atoms with Crippen LogP contribution < -0.4 is 11.2 Å². The number of piperidine rings is 1. The summed E-state index contributed by atoms with van der Waals surface area (Å²) in [7, 11) is 0. The minimum absolute atomic E-state index is 0.0632. The molecule has 1 amide bonds. The van der Waals surface area contributed by atoms with Gasteiger partial charge in [0.15, 0.2) is 0 Å². The number of likely N-dealkylation sites (tertiary alicyclic amines) is 1. The number of nitrogens with zero attached hydrogens (tertiary/aromatic N) is 4. The number of aromatic amines is 1. The second kappa shape index (κ2) is 9.05. The predicted octanol–water partition coefficient (Wildman–Crippen LogP) is 1.11. The van der Waals surface area contributed by atoms with Gasteiger partial charge in [-0.2, -0.15) is 0 Å². The smallest absolute Gasteiger partial charge is 0.328 e. The maximum Gasteiger partial charge on any atom is 0.328 e. The van der Waals surface area contributed by atoms with Crippen molar-refractivity contribution in [2.75, 3.05) is 18.8 Å². The Kier molecular flexibility index (Phi) is 6.50. The van der Waals surface area contributed by atoms with Gasteiger partial charge in [-0.05, 0) is 26.2 Å². The number of carbonyl (C=O) groups is 1. The van der Waals surface area contributed by atoms with Crippen LogP contribution in [0.15, 0.2) is 31.9 Å². The first kappa shape index (κ1) is 20.1. The van der Waals surface area contributed by atoms with Crippen molar-refractivity contribution in [1.82, 2.24) is 24.6 Å². The normalized spacial score (nSPS) is 14.2. The number of hydrogen-bond donors (Lipinski definition) is 1. The molecule has 2 aromatic rings. The molecule has 28 heavy (non-hydrogen) atoms. The molecule has 2 aromatic heterocycles. The number of amides is 1. The van der Waals surface area contributed by atoms with Crippen LogP contribution in [0.4, 0.5) is 0 Å². The maximum absolute atomic E-state index is 12.6. The zero-order valence-electron chi connectivity index (χ0n) is 15.8. The standard InChI is InChI=1S/C18H23N5O4S/c1-3-7-23-16(25)13(12(2)19-17(23)26)10-14-20-21-18(27-14)28-11-15(24)22-8-5-4-6-9-22/h3H,1,4-11H2,2H3,(H,19,26). The van der Waals surface area contributed by atoms with Crippen molar-refractivity contribution in [2.24, 2.45) is 0 Å². The van der Waals surface area contributed by atoms with Crippen molar-refractivity contribution < 1.29 is 9.21 Å². The molecule has 1 fully saturated rings. The fourth-order valence-corrected chi connectivity index (χ4v) is 3.78. The van der Waals surface area contributed by atoms with Crippen molar-refractivity contribution in [3.63, 3.8) is 0 Å². The predicted molar refractivity (Wildman–Crippen MR) is 105 cm³/mol. The van der Waals surface area contributed by atoms with E-state index in [1.165, 1.54) is 24.3 Å². The summed E-state index contributed by atoms with van der Waals surface area (Å²) in [6.07, 6.45) is 4.84. The van der Waals surface area contributed by atoms with Crippen LogP contribution in [-0.2, 0) is 17.8 Å². The maximum atomic E-state index is 12.6. The SMILES string of the molecule is C=CCn1c(=O)[nH]c(C)c(Cc2nnc(SCC(=O)N3CCCCC3)o2)c1=O. The molecule has 0 aromatic carbocycles. The van der Waals surface area contributed by atoms with Gasteiger partial charge in [0.1, 0.15) is 0 Å². The zero-order chi connectivity index (χ0) is 20.1. The minimum Gasteiger partial charge on any atom is -0.416 e. The molecule has 0 spiro atoms. The molecule has 1 aliphatic rings. The lowest BCUT2D eigenvalue weighted by Gasteiger charge is -2.26. The van der Waals surface area contributed by atoms with E-state index in [-0.39, 0.29) is 35.7 Å². The quantitative estimate of drug-likeness (QED) is 0.542. The second-order valence-electron chi connectivity index (χ2n) is 6.61. The van der Waals surface area contributed by atoms with Crippen LogP contribution >= 0.6 is 11.8 Å². The summed E-state index contributed by atoms with van der Waals surface area (Å²) in [6, 6.07) is 0. The third-order valence-electron chi connectivity index (χ3n) is 4.61. The fourth-order valence-electron chi connectivity index (χ4n) is 3.10. The van der Waals surface area contributed by atoms with Gasteiger partial charge in [-0.15, -0.1) is 16.8 Å². The average molecular weight is 405 g/mol. The van der Waals surface area contributed by atoms with Crippen LogP contribution in [0, 0.1) is 6.92 Å². The molecule has 1 aliphatic heterocycles. The minimum atomic E-state index is -0.482. The van der Waals surface area contributed by atoms with E-state index in [9.17, 15) is 14.4 Å². The topological polar surface area (TPSA) is 114 Å². The van der Waals surface area contributed by atoms with Crippen molar-refractivity contribution in [2.45, 2.75) is 44.4 Å². The van der Waals surface area contributed by atoms with Crippen LogP contribution in [0.2, 0.25) is 0 Å². The molecule has 1 saturated heterocycles. The van der Waals surface area contributed by atoms with E-state index in [0.717, 1.165) is 30.5 Å². The number of aromatic nitrogens is 4. The molecule has 0 atom stereocenters. The average Bonchev–Trinajstić information content (AvgIpc) is 3.15. The van der Waals surface area contributed by atoms with Gasteiger partial charge in [0.25, 0.3) is 10.8 Å². The monoisotopic (exact) mass is 405 g/mol. The van der Waals surface area contributed by atoms with Crippen LogP contribution in [0.1, 0.15) is 36.4 Å². The Labute approximate surface area is 165 Å². The lowest BCUT2D eigenvalue weighted by molar-refractivity contribution is -0.129. The fraction of sp³-hybridized carbons (Fsp3) is 0.500. The molecule has 0 saturated carbocycles. The Morgan fingerprint density at radius 1 is 1.29 bits per heavy atom. The number of allylic oxidation sites excluding steroid dienone is 1. The third kappa shape index (κ3) is 4.61. The lowest BCUT2D eigenvalue weighted by atomic mass is 10.1. The van der Waals surface area contributed by atoms with E-state index in [0.29, 0.717) is 11.3 Å². The van der Waals surface area contributed by atoms with Crippen molar-refractivity contribution in [3.05, 3.63) is 50.6 Å². The molecular weight excluding hydrogens is 382 g/mol. The van der Waals surface area contributed by atoms with Gasteiger partial charge >= 0.3 is 5.69 Å². The van der Waals surface area contributed by atoms with Crippen LogP contribution in [0.5, 0.6) is 0 Å². The number of H-pyrrole nitrogens is 1. The molecule has 0 radical (unpaired) electrons. The van der Waals surface area contributed by atoms with Gasteiger partial charge in [-0.1, -0.05) is 17.8 Å². The summed E-state index contributed by atoms with van der Waals surface area (Å²) >= 11 is 1.19. The number of carbonyl (C=O) groups excluding carboxylic acids is 1. The van der Waals surface area contributed by atoms with Crippen LogP contribution in [-0.4, -0.2) is 49.4 Å². The highest BCUT2D eigenvalue weighted by Gasteiger charge is 2.19. The Balaban J connectivity index is 1.67. The molecule has 3 heterocycles. The van der Waals surface area contributed by atoms with E-state index in [1.807, 2.05) is 4.90 Å². The molecule has 1 N–H and O–H groups in total. The summed E-state index contributed by atoms with van der Waals surface area (Å²) in [6.45, 7) is 6.93. The number of hydrogen-bond acceptors (Lipinski definition) is 7. The number of nitrogens with one attached hydrogen (secondary N) is 1. The van der Waals surface area contributed by atoms with E-state index in [2.05, 4.69) is 21.8 Å². The summed E-state index contributed by atoms with van der Waals surface area (Å²) in [5, 5.41) is 8.19. The summed E-state index contributed by atoms with van der Waals surface area (Å²) in [4.78, 5) is 41.2. The molecule has 150 valence electrons. The van der Waals surface area contributed by atoms with E-state index < -0.39 is 11.2 Å². The molecule has 0 bridgehead atoms. The van der Waals surface area contributed by atoms with E-state index >= 15 is 0 Å². The lowest BCUT2D eigenvalue weighted by Crippen LogP contribution is -2.37. The van der Waals surface area contributed by atoms with E-state index in [1.54, 1.807) is 6.92 Å². The first-order valence-corrected chi connectivity index (χ1v) is 10.1. The molecule has 3 rings (SSSR count). The van der Waals surface area contributed by atoms with Crippen molar-refractivity contribution >= 4 is 17.7 Å². The Hall–Kier alpha value is -2.62. The second-order valence-corrected chi connectivity index (χ2v) is 7.53. The van der Waals surface area contributed by atoms with Crippen LogP contribution in [0.3, 0.4) is 0 Å². The van der Waals surface area contributed by atoms with Gasteiger partial charge < -0.3 is 14.3 Å². The highest BCUT2D eigenvalue weighted by molar-refractivity contribution is 7.99. The van der Waals surface area contributed by atoms with Gasteiger partial charge in [-0.25, -0.2) is 4.79 Å². The van der Waals surface area contributed by atoms with Gasteiger partial charge in [0.05, 0.1) is 12.2 Å². The number of aryl methyl sites for hydroxylation is 1. The summed E-state index contributed by atoms with van der Waals surface area (Å²) in [5.41, 5.74) is -0.0491. The van der Waals surface area contributed by atoms with Crippen LogP contribution in [0.25, 0.3) is 0 Å². The molecule has 10 heteroatoms. The number of rotatable bonds is 7. The van der Waals surface area contributed by atoms with Gasteiger partial charge in [0.2, 0.25) is 11.8 Å².